The van der Waals surface area contributed by atoms with Crippen LogP contribution in [0.2, 0.25) is 0 Å². The van der Waals surface area contributed by atoms with Crippen molar-refractivity contribution in [2.75, 3.05) is 13.1 Å². The van der Waals surface area contributed by atoms with Gasteiger partial charge in [0.05, 0.1) is 4.47 Å². The van der Waals surface area contributed by atoms with Gasteiger partial charge in [0.1, 0.15) is 5.82 Å². The predicted molar refractivity (Wildman–Crippen MR) is 87.7 cm³/mol. The highest BCUT2D eigenvalue weighted by Crippen LogP contribution is 2.35. The lowest BCUT2D eigenvalue weighted by molar-refractivity contribution is 0.0849. The summed E-state index contributed by atoms with van der Waals surface area (Å²) in [6.07, 6.45) is 2.73. The molecule has 2 nitrogen and oxygen atoms in total. The van der Waals surface area contributed by atoms with Gasteiger partial charge in [-0.2, -0.15) is 0 Å². The lowest BCUT2D eigenvalue weighted by atomic mass is 9.96. The van der Waals surface area contributed by atoms with Gasteiger partial charge in [-0.3, -0.25) is 4.90 Å². The molecular weight excluding hydrogens is 331 g/mol. The normalized spacial score (nSPS) is 27.3. The van der Waals surface area contributed by atoms with Crippen LogP contribution in [-0.4, -0.2) is 30.1 Å². The Labute approximate surface area is 135 Å². The lowest BCUT2D eigenvalue weighted by Gasteiger charge is -2.43. The second-order valence-corrected chi connectivity index (χ2v) is 7.60. The summed E-state index contributed by atoms with van der Waals surface area (Å²) < 4.78 is 14.3. The molecule has 116 valence electrons. The van der Waals surface area contributed by atoms with Gasteiger partial charge in [0.25, 0.3) is 0 Å². The van der Waals surface area contributed by atoms with Crippen LogP contribution in [0.4, 0.5) is 4.39 Å². The third-order valence-electron chi connectivity index (χ3n) is 4.85. The molecule has 1 aromatic rings. The maximum absolute atomic E-state index is 13.7. The van der Waals surface area contributed by atoms with E-state index in [9.17, 15) is 4.39 Å². The molecule has 1 aliphatic heterocycles. The van der Waals surface area contributed by atoms with Gasteiger partial charge < -0.3 is 5.32 Å². The fraction of sp³-hybridized carbons (Fsp3) is 0.647. The monoisotopic (exact) mass is 354 g/mol. The number of piperazine rings is 1. The first-order chi connectivity index (χ1) is 10.1. The van der Waals surface area contributed by atoms with E-state index < -0.39 is 0 Å². The molecular formula is C17H24BrFN2. The summed E-state index contributed by atoms with van der Waals surface area (Å²) in [6.45, 7) is 7.50. The maximum Gasteiger partial charge on any atom is 0.137 e. The van der Waals surface area contributed by atoms with E-state index in [0.717, 1.165) is 31.1 Å². The largest absolute Gasteiger partial charge is 0.311 e. The Bertz CT molecular complexity index is 502. The topological polar surface area (TPSA) is 15.3 Å². The van der Waals surface area contributed by atoms with Crippen LogP contribution in [-0.2, 0) is 6.54 Å². The molecule has 1 aromatic carbocycles. The highest BCUT2D eigenvalue weighted by atomic mass is 79.9. The summed E-state index contributed by atoms with van der Waals surface area (Å²) >= 11 is 3.40. The zero-order valence-electron chi connectivity index (χ0n) is 12.8. The van der Waals surface area contributed by atoms with Crippen molar-refractivity contribution in [2.45, 2.75) is 45.3 Å². The van der Waals surface area contributed by atoms with Gasteiger partial charge >= 0.3 is 0 Å². The Morgan fingerprint density at radius 3 is 2.81 bits per heavy atom. The van der Waals surface area contributed by atoms with Crippen LogP contribution < -0.4 is 5.32 Å². The Morgan fingerprint density at radius 1 is 1.38 bits per heavy atom. The first-order valence-corrected chi connectivity index (χ1v) is 8.76. The lowest BCUT2D eigenvalue weighted by Crippen LogP contribution is -2.58. The van der Waals surface area contributed by atoms with Gasteiger partial charge in [-0.15, -0.1) is 0 Å². The van der Waals surface area contributed by atoms with Gasteiger partial charge in [0.15, 0.2) is 0 Å². The predicted octanol–water partition coefficient (Wildman–Crippen LogP) is 3.80. The van der Waals surface area contributed by atoms with E-state index in [1.165, 1.54) is 18.9 Å². The van der Waals surface area contributed by atoms with E-state index in [1.807, 2.05) is 6.07 Å². The molecule has 0 bridgehead atoms. The van der Waals surface area contributed by atoms with Crippen LogP contribution in [0.1, 0.15) is 32.3 Å². The Hall–Kier alpha value is -0.450. The molecule has 2 fully saturated rings. The van der Waals surface area contributed by atoms with Crippen molar-refractivity contribution in [2.24, 2.45) is 11.8 Å². The molecule has 0 spiro atoms. The van der Waals surface area contributed by atoms with Crippen molar-refractivity contribution >= 4 is 15.9 Å². The standard InChI is InChI=1S/C17H24BrFN2/c1-11(2)16-8-20-15(12-6-7-12)10-21(16)9-13-4-3-5-14(19)17(13)18/h3-5,11-12,15-16,20H,6-10H2,1-2H3. The first-order valence-electron chi connectivity index (χ1n) is 7.96. The van der Waals surface area contributed by atoms with Crippen molar-refractivity contribution in [3.8, 4) is 0 Å². The van der Waals surface area contributed by atoms with Crippen LogP contribution in [0.25, 0.3) is 0 Å². The van der Waals surface area contributed by atoms with Gasteiger partial charge in [-0.1, -0.05) is 26.0 Å². The Morgan fingerprint density at radius 2 is 2.14 bits per heavy atom. The number of nitrogens with one attached hydrogen (secondary N) is 1. The quantitative estimate of drug-likeness (QED) is 0.884. The van der Waals surface area contributed by atoms with Crippen LogP contribution in [0.15, 0.2) is 22.7 Å². The van der Waals surface area contributed by atoms with Crippen LogP contribution in [0.5, 0.6) is 0 Å². The van der Waals surface area contributed by atoms with Gasteiger partial charge in [0, 0.05) is 31.7 Å². The zero-order chi connectivity index (χ0) is 15.0. The number of hydrogen-bond donors (Lipinski definition) is 1. The highest BCUT2D eigenvalue weighted by molar-refractivity contribution is 9.10. The SMILES string of the molecule is CC(C)C1CNC(C2CC2)CN1Cc1cccc(F)c1Br. The molecule has 1 saturated carbocycles. The van der Waals surface area contributed by atoms with Crippen LogP contribution >= 0.6 is 15.9 Å². The minimum absolute atomic E-state index is 0.164. The molecule has 2 atom stereocenters. The smallest absolute Gasteiger partial charge is 0.137 e. The number of benzene rings is 1. The average molecular weight is 355 g/mol. The molecule has 1 N–H and O–H groups in total. The summed E-state index contributed by atoms with van der Waals surface area (Å²) in [5.41, 5.74) is 1.05. The summed E-state index contributed by atoms with van der Waals surface area (Å²) in [5, 5.41) is 3.73. The molecule has 1 saturated heterocycles. The minimum atomic E-state index is -0.164. The van der Waals surface area contributed by atoms with Gasteiger partial charge in [-0.25, -0.2) is 4.39 Å². The summed E-state index contributed by atoms with van der Waals surface area (Å²) in [5.74, 6) is 1.30. The second-order valence-electron chi connectivity index (χ2n) is 6.81. The number of nitrogens with zero attached hydrogens (tertiary/aromatic N) is 1. The number of hydrogen-bond acceptors (Lipinski definition) is 2. The molecule has 1 heterocycles. The fourth-order valence-electron chi connectivity index (χ4n) is 3.40. The maximum atomic E-state index is 13.7. The van der Waals surface area contributed by atoms with E-state index in [0.29, 0.717) is 22.5 Å². The van der Waals surface area contributed by atoms with Crippen molar-refractivity contribution in [3.63, 3.8) is 0 Å². The molecule has 2 aliphatic rings. The third-order valence-corrected chi connectivity index (χ3v) is 5.74. The van der Waals surface area contributed by atoms with E-state index in [4.69, 9.17) is 0 Å². The van der Waals surface area contributed by atoms with E-state index in [-0.39, 0.29) is 5.82 Å². The summed E-state index contributed by atoms with van der Waals surface area (Å²) in [6, 6.07) is 6.49. The first kappa shape index (κ1) is 15.4. The zero-order valence-corrected chi connectivity index (χ0v) is 14.4. The Kier molecular flexibility index (Phi) is 4.67. The molecule has 0 radical (unpaired) electrons. The van der Waals surface area contributed by atoms with E-state index >= 15 is 0 Å². The van der Waals surface area contributed by atoms with Crippen molar-refractivity contribution in [1.29, 1.82) is 0 Å². The summed E-state index contributed by atoms with van der Waals surface area (Å²) in [4.78, 5) is 2.55. The molecule has 21 heavy (non-hydrogen) atoms. The van der Waals surface area contributed by atoms with Crippen molar-refractivity contribution in [1.82, 2.24) is 10.2 Å². The van der Waals surface area contributed by atoms with E-state index in [2.05, 4.69) is 40.0 Å². The van der Waals surface area contributed by atoms with Crippen LogP contribution in [0, 0.1) is 17.7 Å². The number of halogens is 2. The average Bonchev–Trinajstić information content (AvgIpc) is 3.28. The van der Waals surface area contributed by atoms with E-state index in [1.54, 1.807) is 6.07 Å². The van der Waals surface area contributed by atoms with Crippen molar-refractivity contribution < 1.29 is 4.39 Å². The molecule has 0 amide bonds. The van der Waals surface area contributed by atoms with Gasteiger partial charge in [-0.05, 0) is 52.2 Å². The number of rotatable bonds is 4. The second kappa shape index (κ2) is 6.35. The Balaban J connectivity index is 1.76. The summed E-state index contributed by atoms with van der Waals surface area (Å²) in [7, 11) is 0. The van der Waals surface area contributed by atoms with Crippen molar-refractivity contribution in [3.05, 3.63) is 34.1 Å². The molecule has 4 heteroatoms. The minimum Gasteiger partial charge on any atom is -0.311 e. The highest BCUT2D eigenvalue weighted by Gasteiger charge is 2.38. The molecule has 3 rings (SSSR count). The fourth-order valence-corrected chi connectivity index (χ4v) is 3.79. The van der Waals surface area contributed by atoms with Gasteiger partial charge in [0.2, 0.25) is 0 Å². The van der Waals surface area contributed by atoms with Crippen LogP contribution in [0.3, 0.4) is 0 Å². The third kappa shape index (κ3) is 3.49. The molecule has 1 aliphatic carbocycles. The molecule has 2 unspecified atom stereocenters. The molecule has 0 aromatic heterocycles.